The van der Waals surface area contributed by atoms with Gasteiger partial charge < -0.3 is 18.9 Å². The maximum Gasteiger partial charge on any atom is 0.308 e. The highest BCUT2D eigenvalue weighted by Gasteiger charge is 2.27. The number of rotatable bonds is 6. The minimum Gasteiger partial charge on any atom is -0.493 e. The molecule has 1 heterocycles. The maximum absolute atomic E-state index is 11.6. The largest absolute Gasteiger partial charge is 0.493 e. The number of methoxy groups -OCH3 is 3. The second-order valence-electron chi connectivity index (χ2n) is 6.90. The zero-order valence-electron chi connectivity index (χ0n) is 18.1. The average Bonchev–Trinajstić information content (AvgIpc) is 2.87. The molecule has 0 saturated heterocycles. The lowest BCUT2D eigenvalue weighted by Crippen LogP contribution is -2.14. The number of carbonyl (C=O) groups is 1. The highest BCUT2D eigenvalue weighted by molar-refractivity contribution is 6.16. The molecule has 0 spiro atoms. The minimum absolute atomic E-state index is 0.0293. The summed E-state index contributed by atoms with van der Waals surface area (Å²) in [4.78, 5) is 11.6. The van der Waals surface area contributed by atoms with Gasteiger partial charge in [0.15, 0.2) is 23.0 Å². The Bertz CT molecular complexity index is 1030. The lowest BCUT2D eigenvalue weighted by molar-refractivity contribution is -0.132. The van der Waals surface area contributed by atoms with Crippen molar-refractivity contribution in [1.29, 1.82) is 0 Å². The van der Waals surface area contributed by atoms with Crippen LogP contribution in [-0.4, -0.2) is 38.7 Å². The first kappa shape index (κ1) is 21.4. The third kappa shape index (κ3) is 4.01. The molecule has 158 valence electrons. The summed E-state index contributed by atoms with van der Waals surface area (Å²) in [6.07, 6.45) is 0.822. The molecule has 0 amide bonds. The van der Waals surface area contributed by atoms with Crippen LogP contribution in [0.15, 0.2) is 40.5 Å². The van der Waals surface area contributed by atoms with Crippen LogP contribution in [0.2, 0.25) is 0 Å². The van der Waals surface area contributed by atoms with Gasteiger partial charge in [-0.3, -0.25) is 4.79 Å². The molecular formula is C23H26N2O5. The Balaban J connectivity index is 2.25. The predicted octanol–water partition coefficient (Wildman–Crippen LogP) is 4.36. The van der Waals surface area contributed by atoms with Crippen molar-refractivity contribution in [3.63, 3.8) is 0 Å². The zero-order chi connectivity index (χ0) is 21.8. The SMILES string of the molecule is CCC1C(C)=NN=C(c2ccc(OC)c(OC)c2)c2cc(OC)c(OC(C)=O)cc21. The molecule has 2 aromatic rings. The van der Waals surface area contributed by atoms with Crippen LogP contribution < -0.4 is 18.9 Å². The summed E-state index contributed by atoms with van der Waals surface area (Å²) < 4.78 is 21.7. The fraction of sp³-hybridized carbons (Fsp3) is 0.348. The lowest BCUT2D eigenvalue weighted by atomic mass is 9.85. The van der Waals surface area contributed by atoms with Gasteiger partial charge in [-0.05, 0) is 49.2 Å². The zero-order valence-corrected chi connectivity index (χ0v) is 18.1. The predicted molar refractivity (Wildman–Crippen MR) is 116 cm³/mol. The van der Waals surface area contributed by atoms with E-state index >= 15 is 0 Å². The van der Waals surface area contributed by atoms with E-state index < -0.39 is 5.97 Å². The fourth-order valence-electron chi connectivity index (χ4n) is 3.65. The molecule has 1 aliphatic rings. The average molecular weight is 410 g/mol. The second kappa shape index (κ2) is 8.98. The number of hydrogen-bond acceptors (Lipinski definition) is 7. The van der Waals surface area contributed by atoms with Crippen LogP contribution in [-0.2, 0) is 4.79 Å². The van der Waals surface area contributed by atoms with E-state index in [2.05, 4.69) is 17.1 Å². The van der Waals surface area contributed by atoms with Gasteiger partial charge in [-0.25, -0.2) is 0 Å². The standard InChI is InChI=1S/C23H26N2O5/c1-7-16-13(2)24-25-23(15-8-9-19(27-4)20(10-15)28-5)18-12-21(29-6)22(11-17(16)18)30-14(3)26/h8-12,16H,7H2,1-6H3. The molecule has 0 radical (unpaired) electrons. The number of hydrogen-bond donors (Lipinski definition) is 0. The van der Waals surface area contributed by atoms with Crippen LogP contribution in [0, 0.1) is 0 Å². The van der Waals surface area contributed by atoms with Crippen molar-refractivity contribution in [3.05, 3.63) is 47.0 Å². The molecule has 1 unspecified atom stereocenters. The van der Waals surface area contributed by atoms with Gasteiger partial charge in [0, 0.05) is 29.7 Å². The van der Waals surface area contributed by atoms with Gasteiger partial charge in [0.1, 0.15) is 5.71 Å². The first-order chi connectivity index (χ1) is 14.4. The minimum atomic E-state index is -0.408. The molecule has 0 bridgehead atoms. The van der Waals surface area contributed by atoms with Crippen molar-refractivity contribution in [2.75, 3.05) is 21.3 Å². The molecule has 0 aliphatic carbocycles. The molecule has 30 heavy (non-hydrogen) atoms. The molecule has 2 aromatic carbocycles. The molecule has 7 nitrogen and oxygen atoms in total. The van der Waals surface area contributed by atoms with Gasteiger partial charge in [0.05, 0.1) is 21.3 Å². The molecule has 0 N–H and O–H groups in total. The van der Waals surface area contributed by atoms with E-state index in [0.29, 0.717) is 28.7 Å². The van der Waals surface area contributed by atoms with Gasteiger partial charge in [0.25, 0.3) is 0 Å². The van der Waals surface area contributed by atoms with Gasteiger partial charge in [-0.2, -0.15) is 5.10 Å². The Morgan fingerprint density at radius 1 is 0.933 bits per heavy atom. The highest BCUT2D eigenvalue weighted by Crippen LogP contribution is 2.39. The maximum atomic E-state index is 11.6. The number of ether oxygens (including phenoxy) is 4. The molecule has 3 rings (SSSR count). The Morgan fingerprint density at radius 3 is 2.20 bits per heavy atom. The Morgan fingerprint density at radius 2 is 1.60 bits per heavy atom. The second-order valence-corrected chi connectivity index (χ2v) is 6.90. The van der Waals surface area contributed by atoms with Crippen molar-refractivity contribution < 1.29 is 23.7 Å². The summed E-state index contributed by atoms with van der Waals surface area (Å²) >= 11 is 0. The van der Waals surface area contributed by atoms with E-state index in [1.165, 1.54) is 14.0 Å². The lowest BCUT2D eigenvalue weighted by Gasteiger charge is -2.20. The quantitative estimate of drug-likeness (QED) is 0.522. The van der Waals surface area contributed by atoms with Gasteiger partial charge in [0.2, 0.25) is 0 Å². The number of esters is 1. The molecule has 1 atom stereocenters. The van der Waals surface area contributed by atoms with Crippen LogP contribution in [0.25, 0.3) is 0 Å². The van der Waals surface area contributed by atoms with Gasteiger partial charge >= 0.3 is 5.97 Å². The van der Waals surface area contributed by atoms with E-state index in [1.54, 1.807) is 14.2 Å². The van der Waals surface area contributed by atoms with Crippen molar-refractivity contribution in [1.82, 2.24) is 0 Å². The van der Waals surface area contributed by atoms with E-state index in [-0.39, 0.29) is 5.92 Å². The number of carbonyl (C=O) groups excluding carboxylic acids is 1. The summed E-state index contributed by atoms with van der Waals surface area (Å²) in [5.41, 5.74) is 4.22. The number of fused-ring (bicyclic) bond motifs is 1. The van der Waals surface area contributed by atoms with E-state index in [9.17, 15) is 4.79 Å². The summed E-state index contributed by atoms with van der Waals surface area (Å²) in [6.45, 7) is 5.41. The van der Waals surface area contributed by atoms with Crippen LogP contribution >= 0.6 is 0 Å². The van der Waals surface area contributed by atoms with Crippen LogP contribution in [0.4, 0.5) is 0 Å². The smallest absolute Gasteiger partial charge is 0.308 e. The van der Waals surface area contributed by atoms with Crippen LogP contribution in [0.5, 0.6) is 23.0 Å². The molecule has 0 aromatic heterocycles. The molecule has 7 heteroatoms. The van der Waals surface area contributed by atoms with Crippen molar-refractivity contribution >= 4 is 17.4 Å². The van der Waals surface area contributed by atoms with E-state index in [4.69, 9.17) is 18.9 Å². The fourth-order valence-corrected chi connectivity index (χ4v) is 3.65. The Hall–Kier alpha value is -3.35. The third-order valence-electron chi connectivity index (χ3n) is 5.10. The monoisotopic (exact) mass is 410 g/mol. The number of benzene rings is 2. The van der Waals surface area contributed by atoms with Gasteiger partial charge in [-0.15, -0.1) is 5.10 Å². The van der Waals surface area contributed by atoms with Crippen LogP contribution in [0.1, 0.15) is 49.8 Å². The molecule has 0 saturated carbocycles. The molecular weight excluding hydrogens is 384 g/mol. The summed E-state index contributed by atoms with van der Waals surface area (Å²) in [5, 5.41) is 9.03. The van der Waals surface area contributed by atoms with Crippen molar-refractivity contribution in [2.24, 2.45) is 10.2 Å². The Kier molecular flexibility index (Phi) is 6.40. The van der Waals surface area contributed by atoms with E-state index in [1.807, 2.05) is 37.3 Å². The first-order valence-corrected chi connectivity index (χ1v) is 9.68. The summed E-state index contributed by atoms with van der Waals surface area (Å²) in [5.74, 6) is 1.68. The number of nitrogens with zero attached hydrogens (tertiary/aromatic N) is 2. The topological polar surface area (TPSA) is 78.7 Å². The van der Waals surface area contributed by atoms with Gasteiger partial charge in [-0.1, -0.05) is 6.92 Å². The van der Waals surface area contributed by atoms with Crippen molar-refractivity contribution in [3.8, 4) is 23.0 Å². The first-order valence-electron chi connectivity index (χ1n) is 9.68. The van der Waals surface area contributed by atoms with Crippen LogP contribution in [0.3, 0.4) is 0 Å². The van der Waals surface area contributed by atoms with Crippen molar-refractivity contribution in [2.45, 2.75) is 33.1 Å². The summed E-state index contributed by atoms with van der Waals surface area (Å²) in [7, 11) is 4.73. The molecule has 1 aliphatic heterocycles. The third-order valence-corrected chi connectivity index (χ3v) is 5.10. The summed E-state index contributed by atoms with van der Waals surface area (Å²) in [6, 6.07) is 9.31. The highest BCUT2D eigenvalue weighted by atomic mass is 16.6. The van der Waals surface area contributed by atoms with E-state index in [0.717, 1.165) is 28.8 Å². The Labute approximate surface area is 176 Å². The normalized spacial score (nSPS) is 15.3. The molecule has 0 fully saturated rings.